The number of likely N-dealkylation sites (N-methyl/N-ethyl adjacent to an activating group) is 1. The minimum Gasteiger partial charge on any atom is -0.496 e. The summed E-state index contributed by atoms with van der Waals surface area (Å²) in [5.41, 5.74) is 2.93. The van der Waals surface area contributed by atoms with E-state index in [4.69, 9.17) is 9.47 Å². The molecule has 7 heteroatoms. The van der Waals surface area contributed by atoms with Gasteiger partial charge in [-0.3, -0.25) is 10.1 Å². The van der Waals surface area contributed by atoms with Gasteiger partial charge in [-0.2, -0.15) is 0 Å². The molecule has 0 aliphatic carbocycles. The highest BCUT2D eigenvalue weighted by Gasteiger charge is 2.17. The van der Waals surface area contributed by atoms with Gasteiger partial charge in [-0.25, -0.2) is 0 Å². The Morgan fingerprint density at radius 3 is 2.50 bits per heavy atom. The number of nitrogens with zero attached hydrogens (tertiary/aromatic N) is 3. The Hall–Kier alpha value is -2.64. The van der Waals surface area contributed by atoms with Crippen molar-refractivity contribution >= 4 is 5.69 Å². The Balaban J connectivity index is 1.61. The monoisotopic (exact) mass is 413 g/mol. The third-order valence-electron chi connectivity index (χ3n) is 5.57. The lowest BCUT2D eigenvalue weighted by Gasteiger charge is -2.32. The molecule has 30 heavy (non-hydrogen) atoms. The van der Waals surface area contributed by atoms with Crippen LogP contribution in [0.4, 0.5) is 5.69 Å². The molecule has 1 aliphatic heterocycles. The van der Waals surface area contributed by atoms with Crippen molar-refractivity contribution in [2.75, 3.05) is 46.9 Å². The van der Waals surface area contributed by atoms with Crippen molar-refractivity contribution in [3.05, 3.63) is 63.2 Å². The summed E-state index contributed by atoms with van der Waals surface area (Å²) in [6.45, 7) is 7.68. The van der Waals surface area contributed by atoms with E-state index in [0.717, 1.165) is 62.4 Å². The molecule has 0 N–H and O–H groups in total. The fourth-order valence-corrected chi connectivity index (χ4v) is 3.73. The lowest BCUT2D eigenvalue weighted by atomic mass is 10.1. The van der Waals surface area contributed by atoms with Gasteiger partial charge in [0.2, 0.25) is 0 Å². The summed E-state index contributed by atoms with van der Waals surface area (Å²) in [4.78, 5) is 15.8. The second-order valence-electron chi connectivity index (χ2n) is 7.91. The third-order valence-corrected chi connectivity index (χ3v) is 5.57. The number of methoxy groups -OCH3 is 1. The van der Waals surface area contributed by atoms with Crippen molar-refractivity contribution in [3.8, 4) is 11.5 Å². The maximum atomic E-state index is 11.3. The minimum absolute atomic E-state index is 0.0164. The average Bonchev–Trinajstić information content (AvgIpc) is 2.74. The number of aryl methyl sites for hydroxylation is 2. The van der Waals surface area contributed by atoms with Crippen LogP contribution in [0.2, 0.25) is 0 Å². The summed E-state index contributed by atoms with van der Waals surface area (Å²) >= 11 is 0. The molecule has 0 spiro atoms. The van der Waals surface area contributed by atoms with Gasteiger partial charge in [0.15, 0.2) is 5.75 Å². The summed E-state index contributed by atoms with van der Waals surface area (Å²) in [6, 6.07) is 11.1. The first-order chi connectivity index (χ1) is 14.5. The maximum Gasteiger partial charge on any atom is 0.311 e. The molecule has 1 aliphatic rings. The van der Waals surface area contributed by atoms with Gasteiger partial charge in [0.05, 0.1) is 12.0 Å². The first-order valence-corrected chi connectivity index (χ1v) is 10.4. The number of nitro groups is 1. The molecule has 0 amide bonds. The van der Waals surface area contributed by atoms with E-state index in [1.165, 1.54) is 11.6 Å². The summed E-state index contributed by atoms with van der Waals surface area (Å²) in [5.74, 6) is 1.00. The molecule has 0 bridgehead atoms. The molecule has 1 heterocycles. The molecule has 0 atom stereocenters. The fraction of sp³-hybridized carbons (Fsp3) is 0.478. The van der Waals surface area contributed by atoms with Crippen LogP contribution in [0, 0.1) is 17.0 Å². The van der Waals surface area contributed by atoms with E-state index in [-0.39, 0.29) is 18.0 Å². The largest absolute Gasteiger partial charge is 0.496 e. The average molecular weight is 414 g/mol. The molecule has 0 saturated carbocycles. The van der Waals surface area contributed by atoms with Crippen LogP contribution in [0.25, 0.3) is 0 Å². The van der Waals surface area contributed by atoms with Crippen molar-refractivity contribution in [1.29, 1.82) is 0 Å². The van der Waals surface area contributed by atoms with Crippen LogP contribution >= 0.6 is 0 Å². The second kappa shape index (κ2) is 10.4. The zero-order valence-electron chi connectivity index (χ0n) is 18.1. The minimum atomic E-state index is -0.408. The Morgan fingerprint density at radius 1 is 1.07 bits per heavy atom. The van der Waals surface area contributed by atoms with Crippen LogP contribution < -0.4 is 9.47 Å². The van der Waals surface area contributed by atoms with Gasteiger partial charge in [-0.05, 0) is 62.7 Å². The molecule has 0 radical (unpaired) electrons. The molecule has 2 aromatic carbocycles. The molecule has 7 nitrogen and oxygen atoms in total. The van der Waals surface area contributed by atoms with Crippen molar-refractivity contribution in [2.24, 2.45) is 0 Å². The molecule has 3 rings (SSSR count). The van der Waals surface area contributed by atoms with Crippen LogP contribution in [0.5, 0.6) is 11.5 Å². The van der Waals surface area contributed by atoms with Crippen molar-refractivity contribution in [1.82, 2.24) is 9.80 Å². The number of hydrogen-bond acceptors (Lipinski definition) is 6. The van der Waals surface area contributed by atoms with E-state index in [1.54, 1.807) is 13.2 Å². The van der Waals surface area contributed by atoms with E-state index in [0.29, 0.717) is 0 Å². The predicted molar refractivity (Wildman–Crippen MR) is 117 cm³/mol. The molecule has 162 valence electrons. The van der Waals surface area contributed by atoms with Gasteiger partial charge >= 0.3 is 5.69 Å². The zero-order chi connectivity index (χ0) is 21.5. The zero-order valence-corrected chi connectivity index (χ0v) is 18.1. The van der Waals surface area contributed by atoms with Crippen LogP contribution in [-0.2, 0) is 13.0 Å². The summed E-state index contributed by atoms with van der Waals surface area (Å²) in [6.07, 6.45) is 2.08. The molecule has 1 saturated heterocycles. The number of nitro benzene ring substituents is 1. The second-order valence-corrected chi connectivity index (χ2v) is 7.91. The quantitative estimate of drug-likeness (QED) is 0.462. The third kappa shape index (κ3) is 5.93. The Morgan fingerprint density at radius 2 is 1.80 bits per heavy atom. The lowest BCUT2D eigenvalue weighted by Crippen LogP contribution is -2.44. The van der Waals surface area contributed by atoms with Gasteiger partial charge in [0.25, 0.3) is 0 Å². The highest BCUT2D eigenvalue weighted by molar-refractivity contribution is 5.48. The highest BCUT2D eigenvalue weighted by Crippen LogP contribution is 2.30. The molecule has 2 aromatic rings. The van der Waals surface area contributed by atoms with Gasteiger partial charge in [0, 0.05) is 37.8 Å². The first-order valence-electron chi connectivity index (χ1n) is 10.4. The molecule has 0 unspecified atom stereocenters. The van der Waals surface area contributed by atoms with Crippen LogP contribution in [0.3, 0.4) is 0 Å². The Bertz CT molecular complexity index is 864. The van der Waals surface area contributed by atoms with Gasteiger partial charge in [-0.15, -0.1) is 0 Å². The molecule has 1 fully saturated rings. The maximum absolute atomic E-state index is 11.3. The van der Waals surface area contributed by atoms with Gasteiger partial charge in [-0.1, -0.05) is 12.1 Å². The normalized spacial score (nSPS) is 15.2. The van der Waals surface area contributed by atoms with E-state index < -0.39 is 4.92 Å². The number of rotatable bonds is 9. The van der Waals surface area contributed by atoms with Crippen molar-refractivity contribution in [2.45, 2.75) is 26.4 Å². The lowest BCUT2D eigenvalue weighted by molar-refractivity contribution is -0.386. The van der Waals surface area contributed by atoms with Gasteiger partial charge in [0.1, 0.15) is 12.4 Å². The molecule has 0 aromatic heterocycles. The summed E-state index contributed by atoms with van der Waals surface area (Å²) in [5, 5.41) is 11.3. The smallest absolute Gasteiger partial charge is 0.311 e. The number of ether oxygens (including phenoxy) is 2. The van der Waals surface area contributed by atoms with E-state index in [2.05, 4.69) is 29.0 Å². The summed E-state index contributed by atoms with van der Waals surface area (Å²) in [7, 11) is 3.80. The number of hydrogen-bond donors (Lipinski definition) is 0. The van der Waals surface area contributed by atoms with Crippen LogP contribution in [-0.4, -0.2) is 61.6 Å². The Labute approximate surface area is 178 Å². The van der Waals surface area contributed by atoms with Crippen LogP contribution in [0.15, 0.2) is 36.4 Å². The molecular formula is C23H31N3O4. The highest BCUT2D eigenvalue weighted by atomic mass is 16.6. The topological polar surface area (TPSA) is 68.1 Å². The van der Waals surface area contributed by atoms with E-state index in [1.807, 2.05) is 19.1 Å². The number of piperazine rings is 1. The van der Waals surface area contributed by atoms with Crippen molar-refractivity contribution < 1.29 is 14.4 Å². The number of benzene rings is 2. The van der Waals surface area contributed by atoms with Gasteiger partial charge < -0.3 is 19.3 Å². The Kier molecular flexibility index (Phi) is 7.65. The SMILES string of the molecule is COc1ccc(CCCN2CCN(C)CC2)cc1COc1ccc(C)cc1[N+](=O)[O-]. The van der Waals surface area contributed by atoms with E-state index >= 15 is 0 Å². The van der Waals surface area contributed by atoms with Crippen molar-refractivity contribution in [3.63, 3.8) is 0 Å². The fourth-order valence-electron chi connectivity index (χ4n) is 3.73. The first kappa shape index (κ1) is 22.1. The summed E-state index contributed by atoms with van der Waals surface area (Å²) < 4.78 is 11.3. The molecular weight excluding hydrogens is 382 g/mol. The standard InChI is InChI=1S/C23H31N3O4/c1-18-6-8-23(21(15-18)26(27)28)30-17-20-16-19(7-9-22(20)29-3)5-4-10-25-13-11-24(2)12-14-25/h6-9,15-16H,4-5,10-14,17H2,1-3H3. The predicted octanol–water partition coefficient (Wildman–Crippen LogP) is 3.67. The van der Waals surface area contributed by atoms with E-state index in [9.17, 15) is 10.1 Å². The van der Waals surface area contributed by atoms with Crippen LogP contribution in [0.1, 0.15) is 23.1 Å².